The average molecular weight is 244 g/mol. The standard InChI is InChI=1S/C10H16N2O5/c1-2-12-5-6(3-8(12)14)9(15)11-4-7(13)10(16)17/h6-7,13H,2-5H2,1H3,(H,11,15)(H,16,17). The van der Waals surface area contributed by atoms with Gasteiger partial charge in [-0.25, -0.2) is 4.79 Å². The predicted molar refractivity (Wildman–Crippen MR) is 57.0 cm³/mol. The maximum atomic E-state index is 11.6. The van der Waals surface area contributed by atoms with Gasteiger partial charge in [-0.2, -0.15) is 0 Å². The minimum Gasteiger partial charge on any atom is -0.479 e. The van der Waals surface area contributed by atoms with Gasteiger partial charge in [-0.15, -0.1) is 0 Å². The van der Waals surface area contributed by atoms with Crippen molar-refractivity contribution in [2.24, 2.45) is 5.92 Å². The first-order valence-electron chi connectivity index (χ1n) is 5.42. The Morgan fingerprint density at radius 3 is 2.71 bits per heavy atom. The Bertz CT molecular complexity index is 331. The van der Waals surface area contributed by atoms with Crippen molar-refractivity contribution in [3.05, 3.63) is 0 Å². The lowest BCUT2D eigenvalue weighted by atomic mass is 10.1. The molecule has 0 bridgehead atoms. The third-order valence-corrected chi connectivity index (χ3v) is 2.72. The molecular weight excluding hydrogens is 228 g/mol. The number of carboxylic acid groups (broad SMARTS) is 1. The molecule has 0 aromatic heterocycles. The number of aliphatic carboxylic acids is 1. The summed E-state index contributed by atoms with van der Waals surface area (Å²) in [7, 11) is 0. The number of nitrogens with one attached hydrogen (secondary N) is 1. The summed E-state index contributed by atoms with van der Waals surface area (Å²) >= 11 is 0. The van der Waals surface area contributed by atoms with Crippen LogP contribution in [0.2, 0.25) is 0 Å². The molecule has 1 aliphatic rings. The van der Waals surface area contributed by atoms with Crippen LogP contribution in [0.4, 0.5) is 0 Å². The zero-order valence-corrected chi connectivity index (χ0v) is 9.55. The van der Waals surface area contributed by atoms with Crippen LogP contribution in [0.5, 0.6) is 0 Å². The van der Waals surface area contributed by atoms with Crippen LogP contribution >= 0.6 is 0 Å². The average Bonchev–Trinajstić information content (AvgIpc) is 2.66. The SMILES string of the molecule is CCN1CC(C(=O)NCC(O)C(=O)O)CC1=O. The molecule has 2 atom stereocenters. The summed E-state index contributed by atoms with van der Waals surface area (Å²) in [5.74, 6) is -2.31. The fraction of sp³-hybridized carbons (Fsp3) is 0.700. The van der Waals surface area contributed by atoms with Gasteiger partial charge in [0, 0.05) is 19.5 Å². The minimum atomic E-state index is -1.61. The highest BCUT2D eigenvalue weighted by molar-refractivity contribution is 5.89. The first-order chi connectivity index (χ1) is 7.95. The van der Waals surface area contributed by atoms with Gasteiger partial charge in [-0.1, -0.05) is 0 Å². The lowest BCUT2D eigenvalue weighted by molar-refractivity contribution is -0.146. The summed E-state index contributed by atoms with van der Waals surface area (Å²) in [6.07, 6.45) is -1.47. The molecule has 3 N–H and O–H groups in total. The van der Waals surface area contributed by atoms with Gasteiger partial charge >= 0.3 is 5.97 Å². The molecule has 7 nitrogen and oxygen atoms in total. The number of aliphatic hydroxyl groups is 1. The molecule has 0 radical (unpaired) electrons. The summed E-state index contributed by atoms with van der Waals surface area (Å²) in [6.45, 7) is 2.39. The van der Waals surface area contributed by atoms with Gasteiger partial charge in [0.2, 0.25) is 11.8 Å². The van der Waals surface area contributed by atoms with Gasteiger partial charge in [0.25, 0.3) is 0 Å². The molecule has 0 aliphatic carbocycles. The van der Waals surface area contributed by atoms with Crippen LogP contribution in [0.1, 0.15) is 13.3 Å². The van der Waals surface area contributed by atoms with Gasteiger partial charge in [0.1, 0.15) is 0 Å². The van der Waals surface area contributed by atoms with Crippen molar-refractivity contribution >= 4 is 17.8 Å². The van der Waals surface area contributed by atoms with Gasteiger partial charge in [-0.05, 0) is 6.92 Å². The summed E-state index contributed by atoms with van der Waals surface area (Å²) in [5.41, 5.74) is 0. The van der Waals surface area contributed by atoms with Crippen molar-refractivity contribution in [1.82, 2.24) is 10.2 Å². The summed E-state index contributed by atoms with van der Waals surface area (Å²) in [6, 6.07) is 0. The maximum absolute atomic E-state index is 11.6. The molecule has 1 aliphatic heterocycles. The largest absolute Gasteiger partial charge is 0.479 e. The monoisotopic (exact) mass is 244 g/mol. The van der Waals surface area contributed by atoms with Crippen LogP contribution in [0.25, 0.3) is 0 Å². The number of hydrogen-bond acceptors (Lipinski definition) is 4. The van der Waals surface area contributed by atoms with E-state index in [2.05, 4.69) is 5.32 Å². The second-order valence-corrected chi connectivity index (χ2v) is 3.93. The van der Waals surface area contributed by atoms with E-state index >= 15 is 0 Å². The first kappa shape index (κ1) is 13.4. The summed E-state index contributed by atoms with van der Waals surface area (Å²) in [4.78, 5) is 34.8. The molecule has 0 saturated carbocycles. The van der Waals surface area contributed by atoms with E-state index in [1.54, 1.807) is 4.90 Å². The van der Waals surface area contributed by atoms with E-state index in [9.17, 15) is 14.4 Å². The predicted octanol–water partition coefficient (Wildman–Crippen LogP) is -1.58. The summed E-state index contributed by atoms with van der Waals surface area (Å²) < 4.78 is 0. The van der Waals surface area contributed by atoms with Crippen LogP contribution < -0.4 is 5.32 Å². The van der Waals surface area contributed by atoms with Crippen LogP contribution in [0.15, 0.2) is 0 Å². The maximum Gasteiger partial charge on any atom is 0.334 e. The number of aliphatic hydroxyl groups excluding tert-OH is 1. The van der Waals surface area contributed by atoms with E-state index in [1.807, 2.05) is 6.92 Å². The number of nitrogens with zero attached hydrogens (tertiary/aromatic N) is 1. The lowest BCUT2D eigenvalue weighted by Crippen LogP contribution is -2.40. The Morgan fingerprint density at radius 1 is 1.59 bits per heavy atom. The highest BCUT2D eigenvalue weighted by atomic mass is 16.4. The molecule has 0 spiro atoms. The van der Waals surface area contributed by atoms with E-state index in [1.165, 1.54) is 0 Å². The zero-order valence-electron chi connectivity index (χ0n) is 9.55. The van der Waals surface area contributed by atoms with Crippen molar-refractivity contribution in [3.8, 4) is 0 Å². The molecule has 1 saturated heterocycles. The second kappa shape index (κ2) is 5.62. The highest BCUT2D eigenvalue weighted by Gasteiger charge is 2.33. The van der Waals surface area contributed by atoms with Crippen LogP contribution in [-0.2, 0) is 14.4 Å². The molecule has 96 valence electrons. The van der Waals surface area contributed by atoms with Gasteiger partial charge < -0.3 is 20.4 Å². The van der Waals surface area contributed by atoms with E-state index in [0.29, 0.717) is 13.1 Å². The van der Waals surface area contributed by atoms with Gasteiger partial charge in [0.05, 0.1) is 12.5 Å². The van der Waals surface area contributed by atoms with Crippen molar-refractivity contribution in [2.75, 3.05) is 19.6 Å². The Balaban J connectivity index is 2.39. The van der Waals surface area contributed by atoms with E-state index in [0.717, 1.165) is 0 Å². The molecular formula is C10H16N2O5. The molecule has 7 heteroatoms. The Kier molecular flexibility index (Phi) is 4.45. The lowest BCUT2D eigenvalue weighted by Gasteiger charge is -2.14. The topological polar surface area (TPSA) is 107 Å². The fourth-order valence-corrected chi connectivity index (χ4v) is 1.68. The van der Waals surface area contributed by atoms with Gasteiger partial charge in [-0.3, -0.25) is 9.59 Å². The van der Waals surface area contributed by atoms with Gasteiger partial charge in [0.15, 0.2) is 6.10 Å². The number of carbonyl (C=O) groups excluding carboxylic acids is 2. The number of rotatable bonds is 5. The second-order valence-electron chi connectivity index (χ2n) is 3.93. The van der Waals surface area contributed by atoms with Crippen molar-refractivity contribution in [1.29, 1.82) is 0 Å². The Morgan fingerprint density at radius 2 is 2.24 bits per heavy atom. The smallest absolute Gasteiger partial charge is 0.334 e. The van der Waals surface area contributed by atoms with Crippen LogP contribution in [0, 0.1) is 5.92 Å². The fourth-order valence-electron chi connectivity index (χ4n) is 1.68. The number of carbonyl (C=O) groups is 3. The molecule has 0 aromatic rings. The molecule has 1 fully saturated rings. The third kappa shape index (κ3) is 3.42. The number of carboxylic acids is 1. The van der Waals surface area contributed by atoms with E-state index in [-0.39, 0.29) is 18.9 Å². The summed E-state index contributed by atoms with van der Waals surface area (Å²) in [5, 5.41) is 19.7. The molecule has 1 heterocycles. The Hall–Kier alpha value is -1.63. The van der Waals surface area contributed by atoms with Crippen LogP contribution in [-0.4, -0.2) is 58.6 Å². The molecule has 17 heavy (non-hydrogen) atoms. The Labute approximate surface area is 98.4 Å². The van der Waals surface area contributed by atoms with Crippen molar-refractivity contribution in [2.45, 2.75) is 19.4 Å². The third-order valence-electron chi connectivity index (χ3n) is 2.72. The van der Waals surface area contributed by atoms with E-state index in [4.69, 9.17) is 10.2 Å². The number of hydrogen-bond donors (Lipinski definition) is 3. The number of amides is 2. The minimum absolute atomic E-state index is 0.0774. The quantitative estimate of drug-likeness (QED) is 0.541. The highest BCUT2D eigenvalue weighted by Crippen LogP contribution is 2.17. The normalized spacial score (nSPS) is 21.4. The van der Waals surface area contributed by atoms with Crippen LogP contribution in [0.3, 0.4) is 0 Å². The molecule has 0 aromatic carbocycles. The van der Waals surface area contributed by atoms with Crippen molar-refractivity contribution in [3.63, 3.8) is 0 Å². The molecule has 2 unspecified atom stereocenters. The number of likely N-dealkylation sites (tertiary alicyclic amines) is 1. The first-order valence-corrected chi connectivity index (χ1v) is 5.42. The van der Waals surface area contributed by atoms with E-state index < -0.39 is 23.9 Å². The molecule has 1 rings (SSSR count). The zero-order chi connectivity index (χ0) is 13.0. The molecule has 2 amide bonds. The van der Waals surface area contributed by atoms with Crippen molar-refractivity contribution < 1.29 is 24.6 Å².